The van der Waals surface area contributed by atoms with Gasteiger partial charge < -0.3 is 4.57 Å². The number of aromatic nitrogens is 4. The van der Waals surface area contributed by atoms with E-state index in [1.807, 2.05) is 0 Å². The Bertz CT molecular complexity index is 1060. The summed E-state index contributed by atoms with van der Waals surface area (Å²) < 4.78 is 54.4. The van der Waals surface area contributed by atoms with Crippen LogP contribution in [0, 0.1) is 5.95 Å². The molecule has 0 aliphatic carbocycles. The van der Waals surface area contributed by atoms with E-state index < -0.39 is 18.7 Å². The number of piperazine rings is 1. The SMILES string of the molecule is CN1C2CCC1CN(Cc1cc3c4ncnc(F)c4n(CC(F)(F)F)c3cn1)C2. The molecule has 5 heterocycles. The highest BCUT2D eigenvalue weighted by molar-refractivity contribution is 6.05. The Morgan fingerprint density at radius 2 is 1.83 bits per heavy atom. The Kier molecular flexibility index (Phi) is 4.25. The molecule has 5 rings (SSSR count). The van der Waals surface area contributed by atoms with Gasteiger partial charge in [0.05, 0.1) is 17.4 Å². The van der Waals surface area contributed by atoms with Gasteiger partial charge in [-0.3, -0.25) is 14.8 Å². The molecular weight excluding hydrogens is 388 g/mol. The van der Waals surface area contributed by atoms with Gasteiger partial charge in [-0.15, -0.1) is 0 Å². The van der Waals surface area contributed by atoms with Crippen molar-refractivity contribution in [2.45, 2.75) is 44.2 Å². The number of hydrogen-bond acceptors (Lipinski definition) is 5. The van der Waals surface area contributed by atoms with Gasteiger partial charge in [0.1, 0.15) is 23.9 Å². The van der Waals surface area contributed by atoms with Crippen molar-refractivity contribution < 1.29 is 17.6 Å². The third-order valence-electron chi connectivity index (χ3n) is 6.18. The Morgan fingerprint density at radius 3 is 2.52 bits per heavy atom. The summed E-state index contributed by atoms with van der Waals surface area (Å²) in [6, 6.07) is 2.80. The van der Waals surface area contributed by atoms with Crippen LogP contribution in [0.5, 0.6) is 0 Å². The molecule has 0 saturated carbocycles. The van der Waals surface area contributed by atoms with Gasteiger partial charge in [0, 0.05) is 37.1 Å². The second-order valence-electron chi connectivity index (χ2n) is 8.00. The van der Waals surface area contributed by atoms with Crippen molar-refractivity contribution in [1.29, 1.82) is 0 Å². The van der Waals surface area contributed by atoms with E-state index in [0.717, 1.165) is 29.7 Å². The molecule has 0 N–H and O–H groups in total. The Hall–Kier alpha value is -2.33. The number of likely N-dealkylation sites (N-methyl/N-ethyl adjacent to an activating group) is 1. The predicted molar refractivity (Wildman–Crippen MR) is 98.7 cm³/mol. The molecule has 2 atom stereocenters. The molecule has 0 amide bonds. The molecule has 10 heteroatoms. The lowest BCUT2D eigenvalue weighted by Gasteiger charge is -2.38. The Labute approximate surface area is 164 Å². The number of hydrogen-bond donors (Lipinski definition) is 0. The van der Waals surface area contributed by atoms with E-state index in [0.29, 0.717) is 24.0 Å². The molecular formula is C19H20F4N6. The number of halogens is 4. The Balaban J connectivity index is 1.53. The second kappa shape index (κ2) is 6.60. The predicted octanol–water partition coefficient (Wildman–Crippen LogP) is 2.96. The third kappa shape index (κ3) is 3.24. The quantitative estimate of drug-likeness (QED) is 0.493. The van der Waals surface area contributed by atoms with Gasteiger partial charge in [0.15, 0.2) is 0 Å². The minimum Gasteiger partial charge on any atom is -0.325 e. The Morgan fingerprint density at radius 1 is 1.10 bits per heavy atom. The third-order valence-corrected chi connectivity index (χ3v) is 6.18. The average Bonchev–Trinajstić information content (AvgIpc) is 3.04. The molecule has 3 aromatic heterocycles. The summed E-state index contributed by atoms with van der Waals surface area (Å²) in [6.45, 7) is 1.18. The van der Waals surface area contributed by atoms with Crippen LogP contribution in [0.3, 0.4) is 0 Å². The number of nitrogens with zero attached hydrogens (tertiary/aromatic N) is 6. The van der Waals surface area contributed by atoms with Crippen LogP contribution in [0.1, 0.15) is 18.5 Å². The molecule has 29 heavy (non-hydrogen) atoms. The van der Waals surface area contributed by atoms with E-state index in [2.05, 4.69) is 31.8 Å². The van der Waals surface area contributed by atoms with E-state index in [4.69, 9.17) is 0 Å². The molecule has 0 aromatic carbocycles. The molecule has 2 aliphatic rings. The topological polar surface area (TPSA) is 50.1 Å². The lowest BCUT2D eigenvalue weighted by molar-refractivity contribution is -0.139. The zero-order chi connectivity index (χ0) is 20.3. The van der Waals surface area contributed by atoms with Gasteiger partial charge >= 0.3 is 6.18 Å². The number of rotatable bonds is 3. The van der Waals surface area contributed by atoms with Crippen molar-refractivity contribution in [2.75, 3.05) is 20.1 Å². The van der Waals surface area contributed by atoms with Crippen LogP contribution in [-0.2, 0) is 13.1 Å². The molecule has 2 aliphatic heterocycles. The van der Waals surface area contributed by atoms with E-state index >= 15 is 0 Å². The van der Waals surface area contributed by atoms with Crippen LogP contribution in [-0.4, -0.2) is 67.7 Å². The maximum atomic E-state index is 14.3. The molecule has 0 radical (unpaired) electrons. The molecule has 2 saturated heterocycles. The summed E-state index contributed by atoms with van der Waals surface area (Å²) >= 11 is 0. The van der Waals surface area contributed by atoms with Gasteiger partial charge in [0.25, 0.3) is 0 Å². The molecule has 2 fully saturated rings. The van der Waals surface area contributed by atoms with Crippen molar-refractivity contribution in [3.8, 4) is 0 Å². The maximum absolute atomic E-state index is 14.3. The summed E-state index contributed by atoms with van der Waals surface area (Å²) in [5.74, 6) is -0.965. The fraction of sp³-hybridized carbons (Fsp3) is 0.526. The van der Waals surface area contributed by atoms with Gasteiger partial charge in [-0.1, -0.05) is 0 Å². The van der Waals surface area contributed by atoms with E-state index in [9.17, 15) is 17.6 Å². The number of alkyl halides is 3. The maximum Gasteiger partial charge on any atom is 0.406 e. The van der Waals surface area contributed by atoms with Crippen LogP contribution in [0.4, 0.5) is 17.6 Å². The van der Waals surface area contributed by atoms with Crippen molar-refractivity contribution in [2.24, 2.45) is 0 Å². The monoisotopic (exact) mass is 408 g/mol. The molecule has 3 aromatic rings. The van der Waals surface area contributed by atoms with Gasteiger partial charge in [-0.25, -0.2) is 9.97 Å². The first-order valence-electron chi connectivity index (χ1n) is 9.58. The van der Waals surface area contributed by atoms with Crippen LogP contribution in [0.25, 0.3) is 21.9 Å². The highest BCUT2D eigenvalue weighted by atomic mass is 19.4. The fourth-order valence-electron chi connectivity index (χ4n) is 4.80. The lowest BCUT2D eigenvalue weighted by Crippen LogP contribution is -2.51. The lowest BCUT2D eigenvalue weighted by atomic mass is 10.2. The van der Waals surface area contributed by atoms with Crippen molar-refractivity contribution in [3.63, 3.8) is 0 Å². The van der Waals surface area contributed by atoms with Crippen molar-refractivity contribution in [1.82, 2.24) is 29.3 Å². The smallest absolute Gasteiger partial charge is 0.325 e. The average molecular weight is 408 g/mol. The molecule has 0 spiro atoms. The van der Waals surface area contributed by atoms with Crippen molar-refractivity contribution in [3.05, 3.63) is 30.2 Å². The fourth-order valence-corrected chi connectivity index (χ4v) is 4.80. The summed E-state index contributed by atoms with van der Waals surface area (Å²) in [5, 5.41) is 0.465. The molecule has 154 valence electrons. The number of pyridine rings is 1. The highest BCUT2D eigenvalue weighted by Gasteiger charge is 2.37. The first kappa shape index (κ1) is 18.7. The summed E-state index contributed by atoms with van der Waals surface area (Å²) in [5.41, 5.74) is 0.890. The molecule has 2 unspecified atom stereocenters. The molecule has 2 bridgehead atoms. The first-order valence-corrected chi connectivity index (χ1v) is 9.58. The summed E-state index contributed by atoms with van der Waals surface area (Å²) in [6.07, 6.45) is 0.297. The van der Waals surface area contributed by atoms with Crippen LogP contribution in [0.15, 0.2) is 18.6 Å². The number of likely N-dealkylation sites (tertiary alicyclic amines) is 1. The van der Waals surface area contributed by atoms with Crippen LogP contribution >= 0.6 is 0 Å². The largest absolute Gasteiger partial charge is 0.406 e. The van der Waals surface area contributed by atoms with Crippen molar-refractivity contribution >= 4 is 21.9 Å². The minimum absolute atomic E-state index is 0.179. The zero-order valence-electron chi connectivity index (χ0n) is 15.8. The number of fused-ring (bicyclic) bond motifs is 5. The second-order valence-corrected chi connectivity index (χ2v) is 8.00. The standard InChI is InChI=1S/C19H20F4N6/c1-27-12-2-3-13(27)8-28(7-12)6-11-4-14-15(5-24-11)29(9-19(21,22)23)17-16(14)25-10-26-18(17)20/h4-5,10,12-13H,2-3,6-9H2,1H3. The van der Waals surface area contributed by atoms with Crippen LogP contribution in [0.2, 0.25) is 0 Å². The first-order chi connectivity index (χ1) is 13.8. The normalized spacial score (nSPS) is 23.5. The summed E-state index contributed by atoms with van der Waals surface area (Å²) in [4.78, 5) is 16.7. The molecule has 6 nitrogen and oxygen atoms in total. The minimum atomic E-state index is -4.50. The van der Waals surface area contributed by atoms with Gasteiger partial charge in [-0.2, -0.15) is 17.6 Å². The van der Waals surface area contributed by atoms with E-state index in [-0.39, 0.29) is 16.6 Å². The van der Waals surface area contributed by atoms with Crippen LogP contribution < -0.4 is 0 Å². The zero-order valence-corrected chi connectivity index (χ0v) is 15.8. The van der Waals surface area contributed by atoms with E-state index in [1.165, 1.54) is 19.0 Å². The summed E-state index contributed by atoms with van der Waals surface area (Å²) in [7, 11) is 2.16. The van der Waals surface area contributed by atoms with E-state index in [1.54, 1.807) is 6.07 Å². The highest BCUT2D eigenvalue weighted by Crippen LogP contribution is 2.33. The van der Waals surface area contributed by atoms with Gasteiger partial charge in [0.2, 0.25) is 5.95 Å². The van der Waals surface area contributed by atoms with Gasteiger partial charge in [-0.05, 0) is 26.0 Å².